The van der Waals surface area contributed by atoms with Gasteiger partial charge in [-0.15, -0.1) is 0 Å². The molecule has 0 saturated carbocycles. The van der Waals surface area contributed by atoms with Crippen LogP contribution in [0.5, 0.6) is 0 Å². The molecule has 110 valence electrons. The lowest BCUT2D eigenvalue weighted by atomic mass is 10.1. The Morgan fingerprint density at radius 3 is 2.80 bits per heavy atom. The number of carbonyl (C=O) groups excluding carboxylic acids is 1. The molecular weight excluding hydrogens is 295 g/mol. The van der Waals surface area contributed by atoms with Gasteiger partial charge in [0.2, 0.25) is 0 Å². The van der Waals surface area contributed by atoms with Crippen LogP contribution in [0.2, 0.25) is 10.0 Å². The van der Waals surface area contributed by atoms with Gasteiger partial charge in [0.1, 0.15) is 0 Å². The number of rotatable bonds is 4. The molecular formula is C15H20Cl2N2O. The molecule has 1 fully saturated rings. The number of halogens is 2. The van der Waals surface area contributed by atoms with Crippen LogP contribution in [-0.4, -0.2) is 36.0 Å². The van der Waals surface area contributed by atoms with Crippen molar-refractivity contribution in [1.29, 1.82) is 0 Å². The summed E-state index contributed by atoms with van der Waals surface area (Å²) in [4.78, 5) is 14.8. The van der Waals surface area contributed by atoms with Crippen molar-refractivity contribution in [2.75, 3.05) is 13.1 Å². The highest BCUT2D eigenvalue weighted by atomic mass is 35.5. The van der Waals surface area contributed by atoms with Crippen LogP contribution in [0.1, 0.15) is 37.0 Å². The Labute approximate surface area is 130 Å². The number of carbonyl (C=O) groups is 1. The minimum absolute atomic E-state index is 0.00489. The predicted octanol–water partition coefficient (Wildman–Crippen LogP) is 3.60. The summed E-state index contributed by atoms with van der Waals surface area (Å²) in [6, 6.07) is 5.48. The fraction of sp³-hybridized carbons (Fsp3) is 0.533. The summed E-state index contributed by atoms with van der Waals surface area (Å²) in [7, 11) is 0. The maximum atomic E-state index is 12.8. The maximum absolute atomic E-state index is 12.8. The first kappa shape index (κ1) is 15.6. The number of hydrogen-bond acceptors (Lipinski definition) is 2. The van der Waals surface area contributed by atoms with Crippen molar-refractivity contribution in [2.45, 2.75) is 38.8 Å². The lowest BCUT2D eigenvalue weighted by molar-refractivity contribution is 0.0604. The third kappa shape index (κ3) is 3.27. The first-order chi connectivity index (χ1) is 9.54. The van der Waals surface area contributed by atoms with E-state index in [2.05, 4.69) is 19.2 Å². The van der Waals surface area contributed by atoms with E-state index in [1.165, 1.54) is 0 Å². The third-order valence-corrected chi connectivity index (χ3v) is 4.44. The molecule has 0 radical (unpaired) electrons. The van der Waals surface area contributed by atoms with E-state index in [0.717, 1.165) is 25.9 Å². The summed E-state index contributed by atoms with van der Waals surface area (Å²) in [5, 5.41) is 4.28. The second kappa shape index (κ2) is 6.79. The summed E-state index contributed by atoms with van der Waals surface area (Å²) < 4.78 is 0. The van der Waals surface area contributed by atoms with Crippen molar-refractivity contribution in [3.05, 3.63) is 33.8 Å². The molecule has 2 rings (SSSR count). The van der Waals surface area contributed by atoms with Gasteiger partial charge in [0.25, 0.3) is 5.91 Å². The average Bonchev–Trinajstić information content (AvgIpc) is 2.92. The van der Waals surface area contributed by atoms with Gasteiger partial charge in [0.05, 0.1) is 10.6 Å². The number of nitrogens with one attached hydrogen (secondary N) is 1. The third-order valence-electron chi connectivity index (χ3n) is 3.89. The van der Waals surface area contributed by atoms with Crippen molar-refractivity contribution >= 4 is 29.1 Å². The Balaban J connectivity index is 2.29. The van der Waals surface area contributed by atoms with E-state index in [4.69, 9.17) is 23.2 Å². The van der Waals surface area contributed by atoms with Crippen LogP contribution in [0.25, 0.3) is 0 Å². The first-order valence-corrected chi connectivity index (χ1v) is 7.78. The summed E-state index contributed by atoms with van der Waals surface area (Å²) in [6.07, 6.45) is 1.91. The number of amides is 1. The van der Waals surface area contributed by atoms with Gasteiger partial charge >= 0.3 is 0 Å². The summed E-state index contributed by atoms with van der Waals surface area (Å²) in [5.41, 5.74) is 0.531. The first-order valence-electron chi connectivity index (χ1n) is 7.03. The molecule has 1 aliphatic rings. The van der Waals surface area contributed by atoms with E-state index in [1.807, 2.05) is 4.90 Å². The Hall–Kier alpha value is -0.770. The largest absolute Gasteiger partial charge is 0.332 e. The summed E-state index contributed by atoms with van der Waals surface area (Å²) >= 11 is 12.1. The van der Waals surface area contributed by atoms with Crippen LogP contribution in [0.4, 0.5) is 0 Å². The molecule has 0 bridgehead atoms. The average molecular weight is 315 g/mol. The van der Waals surface area contributed by atoms with Crippen LogP contribution < -0.4 is 5.32 Å². The van der Waals surface area contributed by atoms with E-state index in [1.54, 1.807) is 18.2 Å². The molecule has 0 spiro atoms. The molecule has 5 heteroatoms. The minimum Gasteiger partial charge on any atom is -0.332 e. The van der Waals surface area contributed by atoms with Crippen molar-refractivity contribution in [3.8, 4) is 0 Å². The Bertz CT molecular complexity index is 487. The van der Waals surface area contributed by atoms with Crippen molar-refractivity contribution in [1.82, 2.24) is 10.2 Å². The molecule has 1 heterocycles. The van der Waals surface area contributed by atoms with Gasteiger partial charge in [-0.05, 0) is 44.5 Å². The second-order valence-corrected chi connectivity index (χ2v) is 6.08. The lowest BCUT2D eigenvalue weighted by Crippen LogP contribution is -2.47. The molecule has 2 atom stereocenters. The topological polar surface area (TPSA) is 32.3 Å². The van der Waals surface area contributed by atoms with Gasteiger partial charge in [-0.1, -0.05) is 30.1 Å². The van der Waals surface area contributed by atoms with Gasteiger partial charge in [-0.3, -0.25) is 4.79 Å². The second-order valence-electron chi connectivity index (χ2n) is 5.24. The fourth-order valence-electron chi connectivity index (χ4n) is 2.60. The fourth-order valence-corrected chi connectivity index (χ4v) is 3.09. The Morgan fingerprint density at radius 2 is 2.25 bits per heavy atom. The van der Waals surface area contributed by atoms with Gasteiger partial charge in [0, 0.05) is 23.7 Å². The predicted molar refractivity (Wildman–Crippen MR) is 83.7 cm³/mol. The van der Waals surface area contributed by atoms with Gasteiger partial charge < -0.3 is 10.2 Å². The monoisotopic (exact) mass is 314 g/mol. The zero-order valence-corrected chi connectivity index (χ0v) is 13.3. The van der Waals surface area contributed by atoms with E-state index in [9.17, 15) is 4.79 Å². The van der Waals surface area contributed by atoms with Gasteiger partial charge in [0.15, 0.2) is 0 Å². The standard InChI is InChI=1S/C15H20Cl2N2O/c1-3-10(2)19(12-6-7-18-9-12)15(20)13-5-4-11(16)8-14(13)17/h4-5,8,10,12,18H,3,6-7,9H2,1-2H3. The van der Waals surface area contributed by atoms with Crippen molar-refractivity contribution in [3.63, 3.8) is 0 Å². The number of benzene rings is 1. The zero-order valence-electron chi connectivity index (χ0n) is 11.8. The van der Waals surface area contributed by atoms with Crippen LogP contribution >= 0.6 is 23.2 Å². The molecule has 2 unspecified atom stereocenters. The quantitative estimate of drug-likeness (QED) is 0.921. The number of hydrogen-bond donors (Lipinski definition) is 1. The van der Waals surface area contributed by atoms with E-state index in [-0.39, 0.29) is 18.0 Å². The summed E-state index contributed by atoms with van der Waals surface area (Å²) in [6.45, 7) is 5.98. The van der Waals surface area contributed by atoms with Crippen molar-refractivity contribution in [2.24, 2.45) is 0 Å². The molecule has 3 nitrogen and oxygen atoms in total. The smallest absolute Gasteiger partial charge is 0.255 e. The molecule has 1 aromatic rings. The normalized spacial score (nSPS) is 19.9. The van der Waals surface area contributed by atoms with Gasteiger partial charge in [-0.2, -0.15) is 0 Å². The van der Waals surface area contributed by atoms with Crippen LogP contribution in [0.3, 0.4) is 0 Å². The lowest BCUT2D eigenvalue weighted by Gasteiger charge is -2.34. The molecule has 1 aliphatic heterocycles. The summed E-state index contributed by atoms with van der Waals surface area (Å²) in [5.74, 6) is -0.00489. The van der Waals surface area contributed by atoms with Crippen LogP contribution in [0.15, 0.2) is 18.2 Å². The molecule has 20 heavy (non-hydrogen) atoms. The molecule has 0 aliphatic carbocycles. The van der Waals surface area contributed by atoms with Gasteiger partial charge in [-0.25, -0.2) is 0 Å². The minimum atomic E-state index is -0.00489. The van der Waals surface area contributed by atoms with E-state index >= 15 is 0 Å². The Kier molecular flexibility index (Phi) is 5.30. The van der Waals surface area contributed by atoms with E-state index in [0.29, 0.717) is 15.6 Å². The molecule has 1 saturated heterocycles. The molecule has 1 amide bonds. The van der Waals surface area contributed by atoms with E-state index < -0.39 is 0 Å². The highest BCUT2D eigenvalue weighted by Crippen LogP contribution is 2.25. The van der Waals surface area contributed by atoms with Crippen LogP contribution in [-0.2, 0) is 0 Å². The highest BCUT2D eigenvalue weighted by molar-refractivity contribution is 6.36. The molecule has 1 aromatic carbocycles. The van der Waals surface area contributed by atoms with Crippen LogP contribution in [0, 0.1) is 0 Å². The number of nitrogens with zero attached hydrogens (tertiary/aromatic N) is 1. The Morgan fingerprint density at radius 1 is 1.50 bits per heavy atom. The maximum Gasteiger partial charge on any atom is 0.255 e. The SMILES string of the molecule is CCC(C)N(C(=O)c1ccc(Cl)cc1Cl)C1CCNC1. The van der Waals surface area contributed by atoms with Crippen molar-refractivity contribution < 1.29 is 4.79 Å². The molecule has 1 N–H and O–H groups in total. The highest BCUT2D eigenvalue weighted by Gasteiger charge is 2.31. The molecule has 0 aromatic heterocycles. The zero-order chi connectivity index (χ0) is 14.7.